The first-order valence-electron chi connectivity index (χ1n) is 15.6. The maximum absolute atomic E-state index is 9.54. The third-order valence-electron chi connectivity index (χ3n) is 9.14. The van der Waals surface area contributed by atoms with Crippen LogP contribution < -0.4 is 22.1 Å². The summed E-state index contributed by atoms with van der Waals surface area (Å²) in [6.45, 7) is 3.56. The molecule has 0 bridgehead atoms. The Morgan fingerprint density at radius 3 is 0.881 bits per heavy atom. The van der Waals surface area contributed by atoms with Crippen LogP contribution in [0.4, 0.5) is 0 Å². The van der Waals surface area contributed by atoms with E-state index in [-0.39, 0.29) is 24.4 Å². The molecule has 0 spiro atoms. The van der Waals surface area contributed by atoms with Gasteiger partial charge in [0.1, 0.15) is 0 Å². The normalized spacial score (nSPS) is 39.1. The van der Waals surface area contributed by atoms with Crippen molar-refractivity contribution in [2.45, 2.75) is 96.8 Å². The van der Waals surface area contributed by atoms with Crippen molar-refractivity contribution in [1.29, 1.82) is 0 Å². The van der Waals surface area contributed by atoms with Gasteiger partial charge < -0.3 is 42.5 Å². The fraction of sp³-hybridized carbons (Fsp3) is 1.00. The number of hydrogen-bond acceptors (Lipinski definition) is 12. The van der Waals surface area contributed by atoms with E-state index in [4.69, 9.17) is 11.5 Å². The zero-order chi connectivity index (χ0) is 31.7. The van der Waals surface area contributed by atoms with E-state index in [1.807, 2.05) is 26.6 Å². The van der Waals surface area contributed by atoms with E-state index >= 15 is 0 Å². The average molecular weight is 673 g/mol. The quantitative estimate of drug-likeness (QED) is 0.172. The van der Waals surface area contributed by atoms with Crippen molar-refractivity contribution >= 4 is 47.0 Å². The number of rotatable bonds is 10. The molecule has 0 aliphatic heterocycles. The number of aliphatic hydroxyl groups is 4. The third kappa shape index (κ3) is 14.7. The largest absolute Gasteiger partial charge is 0.392 e. The van der Waals surface area contributed by atoms with E-state index in [1.165, 1.54) is 12.8 Å². The molecule has 12 heteroatoms. The molecule has 0 amide bonds. The topological polar surface area (TPSA) is 157 Å². The molecule has 4 aliphatic rings. The van der Waals surface area contributed by atoms with Crippen LogP contribution in [-0.4, -0.2) is 131 Å². The lowest BCUT2D eigenvalue weighted by atomic mass is 10.1. The van der Waals surface area contributed by atoms with E-state index in [9.17, 15) is 20.4 Å². The van der Waals surface area contributed by atoms with Crippen LogP contribution in [0.5, 0.6) is 0 Å². The molecule has 8 nitrogen and oxygen atoms in total. The summed E-state index contributed by atoms with van der Waals surface area (Å²) in [6, 6.07) is 0. The SMILES string of the molecule is CNC[C@H]1C[C@@H](O)[C@H](SC)C1.CNC[C@H]1C[C@H](SC)[C@@H](O)C1.CS[C@@H]1C[C@@H](CN)C[C@H]1O.CS[C@H]1C[C@H](CN)C[C@@H]1O. The Kier molecular flexibility index (Phi) is 22.9. The van der Waals surface area contributed by atoms with Crippen LogP contribution in [0.2, 0.25) is 0 Å². The molecule has 12 atom stereocenters. The van der Waals surface area contributed by atoms with Gasteiger partial charge in [-0.15, -0.1) is 0 Å². The molecule has 0 radical (unpaired) electrons. The molecule has 0 unspecified atom stereocenters. The van der Waals surface area contributed by atoms with Crippen LogP contribution in [0.1, 0.15) is 51.4 Å². The lowest BCUT2D eigenvalue weighted by molar-refractivity contribution is 0.181. The standard InChI is InChI=1S/2C8H17NOS.2C7H15NOS/c2*1-9-5-6-3-7(10)8(4-6)11-2;2*1-10-7-3-5(4-8)2-6(7)9/h2*6-10H,3-5H2,1-2H3;2*5-7,9H,2-4,8H2,1H3/t2*6-,7+,8+;2*5-,6+,7+/m1010/s1. The molecule has 10 N–H and O–H groups in total. The van der Waals surface area contributed by atoms with Gasteiger partial charge in [-0.2, -0.15) is 47.0 Å². The molecule has 42 heavy (non-hydrogen) atoms. The van der Waals surface area contributed by atoms with Gasteiger partial charge in [0, 0.05) is 21.0 Å². The van der Waals surface area contributed by atoms with Gasteiger partial charge in [-0.05, 0) is 140 Å². The van der Waals surface area contributed by atoms with Crippen molar-refractivity contribution in [3.8, 4) is 0 Å². The first-order chi connectivity index (χ1) is 20.1. The Bertz CT molecular complexity index is 623. The van der Waals surface area contributed by atoms with Gasteiger partial charge >= 0.3 is 0 Å². The van der Waals surface area contributed by atoms with E-state index < -0.39 is 0 Å². The second kappa shape index (κ2) is 23.4. The van der Waals surface area contributed by atoms with Crippen LogP contribution >= 0.6 is 47.0 Å². The second-order valence-corrected chi connectivity index (χ2v) is 16.6. The first-order valence-corrected chi connectivity index (χ1v) is 20.8. The van der Waals surface area contributed by atoms with Crippen LogP contribution in [-0.2, 0) is 0 Å². The minimum atomic E-state index is -0.108. The zero-order valence-corrected chi connectivity index (χ0v) is 30.3. The fourth-order valence-electron chi connectivity index (χ4n) is 6.61. The van der Waals surface area contributed by atoms with Crippen LogP contribution in [0, 0.1) is 23.7 Å². The molecule has 0 aromatic rings. The van der Waals surface area contributed by atoms with Crippen molar-refractivity contribution in [2.24, 2.45) is 35.1 Å². The highest BCUT2D eigenvalue weighted by Crippen LogP contribution is 2.34. The van der Waals surface area contributed by atoms with Crippen molar-refractivity contribution < 1.29 is 20.4 Å². The molecule has 4 fully saturated rings. The van der Waals surface area contributed by atoms with Crippen molar-refractivity contribution in [2.75, 3.05) is 65.3 Å². The van der Waals surface area contributed by atoms with Gasteiger partial charge in [-0.3, -0.25) is 0 Å². The molecule has 4 saturated carbocycles. The Hall–Kier alpha value is 1.08. The molecular weight excluding hydrogens is 609 g/mol. The van der Waals surface area contributed by atoms with Gasteiger partial charge in [0.25, 0.3) is 0 Å². The minimum Gasteiger partial charge on any atom is -0.392 e. The summed E-state index contributed by atoms with van der Waals surface area (Å²) in [5.41, 5.74) is 11.0. The first kappa shape index (κ1) is 41.1. The maximum atomic E-state index is 9.54. The van der Waals surface area contributed by atoms with Crippen molar-refractivity contribution in [3.05, 3.63) is 0 Å². The Labute approximate surface area is 274 Å². The highest BCUT2D eigenvalue weighted by molar-refractivity contribution is 7.99. The van der Waals surface area contributed by atoms with Crippen molar-refractivity contribution in [1.82, 2.24) is 10.6 Å². The van der Waals surface area contributed by atoms with Gasteiger partial charge in [0.05, 0.1) is 24.4 Å². The summed E-state index contributed by atoms with van der Waals surface area (Å²) in [7, 11) is 3.94. The summed E-state index contributed by atoms with van der Waals surface area (Å²) >= 11 is 7.09. The van der Waals surface area contributed by atoms with E-state index in [2.05, 4.69) is 23.1 Å². The lowest BCUT2D eigenvalue weighted by Crippen LogP contribution is -2.16. The molecule has 0 aromatic carbocycles. The molecule has 0 heterocycles. The monoisotopic (exact) mass is 672 g/mol. The minimum absolute atomic E-state index is 0.0663. The van der Waals surface area contributed by atoms with E-state index in [0.717, 1.165) is 64.7 Å². The van der Waals surface area contributed by atoms with Crippen molar-refractivity contribution in [3.63, 3.8) is 0 Å². The summed E-state index contributed by atoms with van der Waals surface area (Å²) in [5, 5.41) is 46.0. The summed E-state index contributed by atoms with van der Waals surface area (Å²) < 4.78 is 0. The number of nitrogens with one attached hydrogen (secondary N) is 2. The molecule has 4 rings (SSSR count). The summed E-state index contributed by atoms with van der Waals surface area (Å²) in [5.74, 6) is 2.50. The predicted octanol–water partition coefficient (Wildman–Crippen LogP) is 2.31. The molecule has 0 aromatic heterocycles. The van der Waals surface area contributed by atoms with Crippen LogP contribution in [0.3, 0.4) is 0 Å². The number of nitrogens with two attached hydrogens (primary N) is 2. The highest BCUT2D eigenvalue weighted by atomic mass is 32.2. The highest BCUT2D eigenvalue weighted by Gasteiger charge is 2.33. The molecule has 0 saturated heterocycles. The van der Waals surface area contributed by atoms with Crippen LogP contribution in [0.25, 0.3) is 0 Å². The van der Waals surface area contributed by atoms with Gasteiger partial charge in [0.2, 0.25) is 0 Å². The molecular formula is C30H64N4O4S4. The number of hydrogen-bond donors (Lipinski definition) is 8. The number of aliphatic hydroxyl groups excluding tert-OH is 4. The van der Waals surface area contributed by atoms with E-state index in [0.29, 0.717) is 44.7 Å². The predicted molar refractivity (Wildman–Crippen MR) is 190 cm³/mol. The average Bonchev–Trinajstić information content (AvgIpc) is 3.74. The zero-order valence-electron chi connectivity index (χ0n) is 27.0. The Morgan fingerprint density at radius 1 is 0.476 bits per heavy atom. The Balaban J connectivity index is 0.000000280. The van der Waals surface area contributed by atoms with Gasteiger partial charge in [0.15, 0.2) is 0 Å². The summed E-state index contributed by atoms with van der Waals surface area (Å²) in [6.07, 6.45) is 16.2. The second-order valence-electron chi connectivity index (χ2n) is 12.3. The molecule has 4 aliphatic carbocycles. The number of thioether (sulfide) groups is 4. The third-order valence-corrected chi connectivity index (χ3v) is 13.6. The Morgan fingerprint density at radius 2 is 0.714 bits per heavy atom. The fourth-order valence-corrected chi connectivity index (χ4v) is 10.2. The van der Waals surface area contributed by atoms with Gasteiger partial charge in [-0.25, -0.2) is 0 Å². The smallest absolute Gasteiger partial charge is 0.0661 e. The molecule has 252 valence electrons. The maximum Gasteiger partial charge on any atom is 0.0661 e. The van der Waals surface area contributed by atoms with Crippen LogP contribution in [0.15, 0.2) is 0 Å². The van der Waals surface area contributed by atoms with E-state index in [1.54, 1.807) is 47.0 Å². The van der Waals surface area contributed by atoms with Gasteiger partial charge in [-0.1, -0.05) is 0 Å². The lowest BCUT2D eigenvalue weighted by Gasteiger charge is -2.09. The summed E-state index contributed by atoms with van der Waals surface area (Å²) in [4.78, 5) is 0.